The van der Waals surface area contributed by atoms with Crippen molar-refractivity contribution in [2.45, 2.75) is 25.4 Å². The second-order valence-corrected chi connectivity index (χ2v) is 7.85. The summed E-state index contributed by atoms with van der Waals surface area (Å²) >= 11 is 0. The number of aryl methyl sites for hydroxylation is 1. The van der Waals surface area contributed by atoms with E-state index in [1.807, 2.05) is 30.3 Å². The molecule has 0 spiro atoms. The molecule has 8 nitrogen and oxygen atoms in total. The summed E-state index contributed by atoms with van der Waals surface area (Å²) in [6.45, 7) is -0.715. The topological polar surface area (TPSA) is 93.0 Å². The summed E-state index contributed by atoms with van der Waals surface area (Å²) in [5, 5.41) is 11.3. The fraction of sp³-hybridized carbons (Fsp3) is 0.391. The molecule has 2 aromatic rings. The van der Waals surface area contributed by atoms with Crippen LogP contribution in [-0.2, 0) is 11.2 Å². The van der Waals surface area contributed by atoms with Crippen molar-refractivity contribution in [3.63, 3.8) is 0 Å². The van der Waals surface area contributed by atoms with Crippen LogP contribution in [0.25, 0.3) is 0 Å². The summed E-state index contributed by atoms with van der Waals surface area (Å²) in [6, 6.07) is 12.7. The third-order valence-electron chi connectivity index (χ3n) is 5.42. The van der Waals surface area contributed by atoms with E-state index in [1.54, 1.807) is 4.90 Å². The quantitative estimate of drug-likeness (QED) is 0.424. The summed E-state index contributed by atoms with van der Waals surface area (Å²) in [7, 11) is 0. The zero-order chi connectivity index (χ0) is 24.7. The Morgan fingerprint density at radius 1 is 1.00 bits per heavy atom. The Labute approximate surface area is 194 Å². The van der Waals surface area contributed by atoms with Crippen LogP contribution in [0.4, 0.5) is 18.9 Å². The van der Waals surface area contributed by atoms with Gasteiger partial charge < -0.3 is 14.5 Å². The van der Waals surface area contributed by atoms with Gasteiger partial charge in [-0.05, 0) is 30.5 Å². The van der Waals surface area contributed by atoms with Gasteiger partial charge in [-0.25, -0.2) is 0 Å². The molecule has 2 aromatic carbocycles. The van der Waals surface area contributed by atoms with Gasteiger partial charge in [0.25, 0.3) is 11.6 Å². The Hall–Kier alpha value is -3.63. The van der Waals surface area contributed by atoms with Gasteiger partial charge in [-0.15, -0.1) is 0 Å². The van der Waals surface area contributed by atoms with Gasteiger partial charge in [0.15, 0.2) is 6.61 Å². The molecule has 1 heterocycles. The van der Waals surface area contributed by atoms with Crippen molar-refractivity contribution < 1.29 is 32.4 Å². The van der Waals surface area contributed by atoms with E-state index >= 15 is 0 Å². The van der Waals surface area contributed by atoms with E-state index in [2.05, 4.69) is 4.74 Å². The number of amides is 2. The van der Waals surface area contributed by atoms with E-state index in [9.17, 15) is 32.9 Å². The van der Waals surface area contributed by atoms with Gasteiger partial charge in [0, 0.05) is 38.7 Å². The minimum atomic E-state index is -4.59. The van der Waals surface area contributed by atoms with Crippen molar-refractivity contribution in [3.8, 4) is 5.75 Å². The SMILES string of the molecule is O=C(CCCc1ccccc1)N1CCN(C(=O)c2cc(OCC(F)(F)F)ccc2[N+](=O)[O-])CC1. The third kappa shape index (κ3) is 6.93. The summed E-state index contributed by atoms with van der Waals surface area (Å²) in [5.74, 6) is -1.02. The van der Waals surface area contributed by atoms with Crippen molar-refractivity contribution in [1.82, 2.24) is 9.80 Å². The maximum Gasteiger partial charge on any atom is 0.422 e. The lowest BCUT2D eigenvalue weighted by atomic mass is 10.1. The molecule has 2 amide bonds. The number of ether oxygens (including phenoxy) is 1. The Kier molecular flexibility index (Phi) is 8.08. The van der Waals surface area contributed by atoms with Crippen LogP contribution < -0.4 is 4.74 Å². The lowest BCUT2D eigenvalue weighted by Gasteiger charge is -2.34. The number of carbonyl (C=O) groups is 2. The van der Waals surface area contributed by atoms with Gasteiger partial charge in [-0.1, -0.05) is 30.3 Å². The molecule has 0 unspecified atom stereocenters. The summed E-state index contributed by atoms with van der Waals surface area (Å²) in [6.07, 6.45) is -2.75. The highest BCUT2D eigenvalue weighted by molar-refractivity contribution is 5.98. The summed E-state index contributed by atoms with van der Waals surface area (Å²) in [5.41, 5.74) is 0.268. The first-order valence-electron chi connectivity index (χ1n) is 10.7. The number of piperazine rings is 1. The zero-order valence-corrected chi connectivity index (χ0v) is 18.3. The highest BCUT2D eigenvalue weighted by Crippen LogP contribution is 2.27. The molecule has 34 heavy (non-hydrogen) atoms. The summed E-state index contributed by atoms with van der Waals surface area (Å²) < 4.78 is 41.9. The first-order valence-corrected chi connectivity index (χ1v) is 10.7. The van der Waals surface area contributed by atoms with Crippen LogP contribution in [0.5, 0.6) is 5.75 Å². The molecule has 0 radical (unpaired) electrons. The van der Waals surface area contributed by atoms with Crippen LogP contribution in [0.3, 0.4) is 0 Å². The first kappa shape index (κ1) is 25.0. The Balaban J connectivity index is 1.57. The van der Waals surface area contributed by atoms with Gasteiger partial charge >= 0.3 is 6.18 Å². The monoisotopic (exact) mass is 479 g/mol. The number of nitro groups is 1. The zero-order valence-electron chi connectivity index (χ0n) is 18.3. The van der Waals surface area contributed by atoms with E-state index in [-0.39, 0.29) is 43.4 Å². The first-order chi connectivity index (χ1) is 16.1. The van der Waals surface area contributed by atoms with E-state index in [4.69, 9.17) is 0 Å². The van der Waals surface area contributed by atoms with Crippen molar-refractivity contribution in [1.29, 1.82) is 0 Å². The average Bonchev–Trinajstić information content (AvgIpc) is 2.82. The summed E-state index contributed by atoms with van der Waals surface area (Å²) in [4.78, 5) is 39.0. The van der Waals surface area contributed by atoms with Crippen LogP contribution in [0.15, 0.2) is 48.5 Å². The predicted octanol–water partition coefficient (Wildman–Crippen LogP) is 3.84. The number of alkyl halides is 3. The Bertz CT molecular complexity index is 1020. The molecule has 0 aromatic heterocycles. The van der Waals surface area contributed by atoms with Gasteiger partial charge in [0.2, 0.25) is 5.91 Å². The van der Waals surface area contributed by atoms with Crippen molar-refractivity contribution >= 4 is 17.5 Å². The molecule has 3 rings (SSSR count). The fourth-order valence-corrected chi connectivity index (χ4v) is 3.68. The molecule has 1 saturated heterocycles. The van der Waals surface area contributed by atoms with Gasteiger partial charge in [0.1, 0.15) is 11.3 Å². The lowest BCUT2D eigenvalue weighted by Crippen LogP contribution is -2.50. The third-order valence-corrected chi connectivity index (χ3v) is 5.42. The number of carbonyl (C=O) groups excluding carboxylic acids is 2. The van der Waals surface area contributed by atoms with Crippen molar-refractivity contribution in [2.75, 3.05) is 32.8 Å². The van der Waals surface area contributed by atoms with Crippen LogP contribution >= 0.6 is 0 Å². The molecule has 0 bridgehead atoms. The standard InChI is InChI=1S/C23H24F3N3O5/c24-23(25,26)16-34-18-9-10-20(29(32)33)19(15-18)22(31)28-13-11-27(12-14-28)21(30)8-4-7-17-5-2-1-3-6-17/h1-3,5-6,9-10,15H,4,7-8,11-14,16H2. The molecule has 0 saturated carbocycles. The molecular weight excluding hydrogens is 455 g/mol. The van der Waals surface area contributed by atoms with Gasteiger partial charge in [-0.3, -0.25) is 19.7 Å². The smallest absolute Gasteiger partial charge is 0.422 e. The molecular formula is C23H24F3N3O5. The molecule has 0 aliphatic carbocycles. The minimum absolute atomic E-state index is 0.0310. The van der Waals surface area contributed by atoms with Gasteiger partial charge in [-0.2, -0.15) is 13.2 Å². The van der Waals surface area contributed by atoms with E-state index in [1.165, 1.54) is 4.90 Å². The molecule has 1 aliphatic rings. The second kappa shape index (κ2) is 11.0. The van der Waals surface area contributed by atoms with Gasteiger partial charge in [0.05, 0.1) is 4.92 Å². The van der Waals surface area contributed by atoms with Crippen LogP contribution in [-0.4, -0.2) is 65.5 Å². The number of nitrogens with zero attached hydrogens (tertiary/aromatic N) is 3. The van der Waals surface area contributed by atoms with Crippen LogP contribution in [0.1, 0.15) is 28.8 Å². The number of rotatable bonds is 8. The number of hydrogen-bond acceptors (Lipinski definition) is 5. The lowest BCUT2D eigenvalue weighted by molar-refractivity contribution is -0.385. The number of halogens is 3. The van der Waals surface area contributed by atoms with Crippen molar-refractivity contribution in [2.24, 2.45) is 0 Å². The minimum Gasteiger partial charge on any atom is -0.484 e. The number of hydrogen-bond donors (Lipinski definition) is 0. The molecule has 11 heteroatoms. The van der Waals surface area contributed by atoms with E-state index < -0.39 is 29.3 Å². The Morgan fingerprint density at radius 2 is 1.65 bits per heavy atom. The molecule has 0 N–H and O–H groups in total. The predicted molar refractivity (Wildman–Crippen MR) is 117 cm³/mol. The number of nitro benzene ring substituents is 1. The molecule has 1 aliphatic heterocycles. The van der Waals surface area contributed by atoms with Crippen LogP contribution in [0, 0.1) is 10.1 Å². The normalized spacial score (nSPS) is 14.1. The molecule has 1 fully saturated rings. The molecule has 182 valence electrons. The number of benzene rings is 2. The largest absolute Gasteiger partial charge is 0.484 e. The second-order valence-electron chi connectivity index (χ2n) is 7.85. The average molecular weight is 479 g/mol. The maximum absolute atomic E-state index is 12.9. The fourth-order valence-electron chi connectivity index (χ4n) is 3.68. The highest BCUT2D eigenvalue weighted by atomic mass is 19.4. The van der Waals surface area contributed by atoms with Crippen LogP contribution in [0.2, 0.25) is 0 Å². The maximum atomic E-state index is 12.9. The highest BCUT2D eigenvalue weighted by Gasteiger charge is 2.31. The van der Waals surface area contributed by atoms with E-state index in [0.29, 0.717) is 12.8 Å². The molecule has 0 atom stereocenters. The van der Waals surface area contributed by atoms with Crippen molar-refractivity contribution in [3.05, 3.63) is 69.8 Å². The Morgan fingerprint density at radius 3 is 2.26 bits per heavy atom. The van der Waals surface area contributed by atoms with E-state index in [0.717, 1.165) is 30.2 Å².